The van der Waals surface area contributed by atoms with Gasteiger partial charge in [0.2, 0.25) is 0 Å². The molecule has 4 nitrogen and oxygen atoms in total. The molecule has 0 unspecified atom stereocenters. The first-order chi connectivity index (χ1) is 19.4. The lowest BCUT2D eigenvalue weighted by Crippen LogP contribution is -2.16. The summed E-state index contributed by atoms with van der Waals surface area (Å²) >= 11 is 18.6. The molecule has 0 atom stereocenters. The van der Waals surface area contributed by atoms with Crippen LogP contribution in [0.15, 0.2) is 103 Å². The van der Waals surface area contributed by atoms with Gasteiger partial charge in [0.05, 0.1) is 11.3 Å². The molecule has 4 aromatic carbocycles. The zero-order chi connectivity index (χ0) is 28.1. The monoisotopic (exact) mass is 584 g/mol. The van der Waals surface area contributed by atoms with Gasteiger partial charge in [-0.3, -0.25) is 0 Å². The van der Waals surface area contributed by atoms with Crippen LogP contribution < -0.4 is 0 Å². The van der Waals surface area contributed by atoms with Gasteiger partial charge in [-0.1, -0.05) is 102 Å². The fourth-order valence-electron chi connectivity index (χ4n) is 4.52. The average Bonchev–Trinajstić information content (AvgIpc) is 2.95. The van der Waals surface area contributed by atoms with Gasteiger partial charge < -0.3 is 4.90 Å². The molecule has 1 aromatic heterocycles. The van der Waals surface area contributed by atoms with Gasteiger partial charge in [-0.2, -0.15) is 0 Å². The van der Waals surface area contributed by atoms with E-state index in [0.717, 1.165) is 33.5 Å². The molecule has 0 fully saturated rings. The van der Waals surface area contributed by atoms with E-state index in [4.69, 9.17) is 49.8 Å². The Morgan fingerprint density at radius 1 is 0.550 bits per heavy atom. The van der Waals surface area contributed by atoms with E-state index in [1.807, 2.05) is 105 Å². The first kappa shape index (κ1) is 27.9. The maximum atomic E-state index is 6.29. The fraction of sp³-hybridized carbons (Fsp3) is 0.121. The van der Waals surface area contributed by atoms with Crippen molar-refractivity contribution in [2.24, 2.45) is 0 Å². The summed E-state index contributed by atoms with van der Waals surface area (Å²) in [6, 6.07) is 33.6. The van der Waals surface area contributed by atoms with E-state index in [0.29, 0.717) is 45.4 Å². The second kappa shape index (κ2) is 12.6. The molecular formula is C33H27Cl3N4. The normalized spacial score (nSPS) is 11.7. The number of aromatic nitrogens is 3. The Hall–Kier alpha value is -3.70. The maximum Gasteiger partial charge on any atom is 0.166 e. The van der Waals surface area contributed by atoms with E-state index < -0.39 is 0 Å². The number of rotatable bonds is 8. The minimum absolute atomic E-state index is 0.539. The van der Waals surface area contributed by atoms with Crippen LogP contribution >= 0.6 is 34.8 Å². The molecule has 0 aliphatic heterocycles. The van der Waals surface area contributed by atoms with Gasteiger partial charge in [0.15, 0.2) is 5.82 Å². The Morgan fingerprint density at radius 2 is 1.00 bits per heavy atom. The molecule has 5 rings (SSSR count). The summed E-state index contributed by atoms with van der Waals surface area (Å²) < 4.78 is 0. The van der Waals surface area contributed by atoms with Crippen molar-refractivity contribution in [2.45, 2.75) is 12.8 Å². The second-order valence-electron chi connectivity index (χ2n) is 9.59. The zero-order valence-corrected chi connectivity index (χ0v) is 24.4. The van der Waals surface area contributed by atoms with Crippen LogP contribution in [0.2, 0.25) is 15.1 Å². The summed E-state index contributed by atoms with van der Waals surface area (Å²) in [4.78, 5) is 17.1. The molecule has 0 spiro atoms. The lowest BCUT2D eigenvalue weighted by Gasteiger charge is -2.23. The smallest absolute Gasteiger partial charge is 0.166 e. The van der Waals surface area contributed by atoms with Crippen LogP contribution in [-0.2, 0) is 12.8 Å². The Morgan fingerprint density at radius 3 is 1.45 bits per heavy atom. The molecule has 0 radical (unpaired) electrons. The second-order valence-corrected chi connectivity index (χ2v) is 10.9. The van der Waals surface area contributed by atoms with Gasteiger partial charge in [0.1, 0.15) is 11.6 Å². The first-order valence-electron chi connectivity index (χ1n) is 12.8. The standard InChI is InChI=1S/C33H27Cl3N4/c1-40(2)32(25-6-4-3-5-7-25)31(24-12-18-28(36)19-13-24)33-38-29(20-22-8-14-26(34)15-9-22)37-30(39-33)21-23-10-16-27(35)17-11-23/h3-19H,20-21H2,1-2H3/b32-31-. The Labute approximate surface area is 249 Å². The quantitative estimate of drug-likeness (QED) is 0.171. The van der Waals surface area contributed by atoms with E-state index >= 15 is 0 Å². The highest BCUT2D eigenvalue weighted by Gasteiger charge is 2.21. The molecule has 0 N–H and O–H groups in total. The number of hydrogen-bond acceptors (Lipinski definition) is 4. The van der Waals surface area contributed by atoms with Crippen LogP contribution in [0, 0.1) is 0 Å². The van der Waals surface area contributed by atoms with Gasteiger partial charge in [0.25, 0.3) is 0 Å². The molecule has 0 saturated heterocycles. The van der Waals surface area contributed by atoms with Crippen LogP contribution in [0.4, 0.5) is 0 Å². The van der Waals surface area contributed by atoms with Gasteiger partial charge in [-0.15, -0.1) is 0 Å². The minimum Gasteiger partial charge on any atom is -0.377 e. The summed E-state index contributed by atoms with van der Waals surface area (Å²) in [5.74, 6) is 1.95. The lowest BCUT2D eigenvalue weighted by molar-refractivity contribution is 0.593. The van der Waals surface area contributed by atoms with Crippen LogP contribution in [0.3, 0.4) is 0 Å². The molecule has 0 saturated carbocycles. The number of benzene rings is 4. The van der Waals surface area contributed by atoms with E-state index in [1.165, 1.54) is 0 Å². The van der Waals surface area contributed by atoms with Crippen molar-refractivity contribution in [3.63, 3.8) is 0 Å². The van der Waals surface area contributed by atoms with E-state index in [2.05, 4.69) is 17.0 Å². The topological polar surface area (TPSA) is 41.9 Å². The van der Waals surface area contributed by atoms with Crippen LogP contribution in [0.1, 0.15) is 39.7 Å². The molecule has 0 aliphatic carbocycles. The van der Waals surface area contributed by atoms with E-state index in [1.54, 1.807) is 0 Å². The van der Waals surface area contributed by atoms with Crippen LogP contribution in [-0.4, -0.2) is 33.9 Å². The van der Waals surface area contributed by atoms with Crippen molar-refractivity contribution in [2.75, 3.05) is 14.1 Å². The van der Waals surface area contributed by atoms with Crippen molar-refractivity contribution in [3.05, 3.63) is 158 Å². The van der Waals surface area contributed by atoms with Gasteiger partial charge >= 0.3 is 0 Å². The first-order valence-corrected chi connectivity index (χ1v) is 13.9. The molecule has 7 heteroatoms. The van der Waals surface area contributed by atoms with Gasteiger partial charge in [-0.25, -0.2) is 15.0 Å². The molecule has 0 bridgehead atoms. The van der Waals surface area contributed by atoms with Crippen molar-refractivity contribution >= 4 is 46.1 Å². The predicted molar refractivity (Wildman–Crippen MR) is 166 cm³/mol. The number of hydrogen-bond donors (Lipinski definition) is 0. The summed E-state index contributed by atoms with van der Waals surface area (Å²) in [6.07, 6.45) is 1.08. The highest BCUT2D eigenvalue weighted by molar-refractivity contribution is 6.31. The Balaban J connectivity index is 1.72. The van der Waals surface area contributed by atoms with Crippen molar-refractivity contribution in [3.8, 4) is 0 Å². The highest BCUT2D eigenvalue weighted by Crippen LogP contribution is 2.33. The summed E-state index contributed by atoms with van der Waals surface area (Å²) in [5.41, 5.74) is 6.02. The molecule has 200 valence electrons. The summed E-state index contributed by atoms with van der Waals surface area (Å²) in [7, 11) is 4.06. The largest absolute Gasteiger partial charge is 0.377 e. The third-order valence-electron chi connectivity index (χ3n) is 6.37. The molecular weight excluding hydrogens is 559 g/mol. The van der Waals surface area contributed by atoms with Gasteiger partial charge in [-0.05, 0) is 58.7 Å². The lowest BCUT2D eigenvalue weighted by atomic mass is 9.97. The number of nitrogens with zero attached hydrogens (tertiary/aromatic N) is 4. The van der Waals surface area contributed by atoms with E-state index in [-0.39, 0.29) is 0 Å². The fourth-order valence-corrected chi connectivity index (χ4v) is 4.90. The SMILES string of the molecule is CN(C)/C(=C(/c1ccc(Cl)cc1)c1nc(Cc2ccc(Cl)cc2)nc(Cc2ccc(Cl)cc2)n1)c1ccccc1. The van der Waals surface area contributed by atoms with Crippen molar-refractivity contribution < 1.29 is 0 Å². The zero-order valence-electron chi connectivity index (χ0n) is 22.2. The van der Waals surface area contributed by atoms with Crippen LogP contribution in [0.5, 0.6) is 0 Å². The highest BCUT2D eigenvalue weighted by atomic mass is 35.5. The summed E-state index contributed by atoms with van der Waals surface area (Å²) in [5, 5.41) is 2.04. The Kier molecular flexibility index (Phi) is 8.81. The molecule has 0 amide bonds. The molecule has 1 heterocycles. The third kappa shape index (κ3) is 6.89. The minimum atomic E-state index is 0.539. The Bertz CT molecular complexity index is 1550. The summed E-state index contributed by atoms with van der Waals surface area (Å²) in [6.45, 7) is 0. The van der Waals surface area contributed by atoms with Crippen molar-refractivity contribution in [1.82, 2.24) is 19.9 Å². The number of halogens is 3. The van der Waals surface area contributed by atoms with Crippen molar-refractivity contribution in [1.29, 1.82) is 0 Å². The molecule has 5 aromatic rings. The third-order valence-corrected chi connectivity index (χ3v) is 7.12. The predicted octanol–water partition coefficient (Wildman–Crippen LogP) is 8.49. The van der Waals surface area contributed by atoms with E-state index in [9.17, 15) is 0 Å². The van der Waals surface area contributed by atoms with Crippen LogP contribution in [0.25, 0.3) is 11.3 Å². The molecule has 40 heavy (non-hydrogen) atoms. The van der Waals surface area contributed by atoms with Gasteiger partial charge in [0, 0.05) is 42.0 Å². The molecule has 0 aliphatic rings. The maximum absolute atomic E-state index is 6.29. The average molecular weight is 586 g/mol.